The molecule has 0 unspecified atom stereocenters. The molecule has 1 aromatic heterocycles. The maximum absolute atomic E-state index is 13.1. The van der Waals surface area contributed by atoms with Crippen LogP contribution < -0.4 is 15.8 Å². The van der Waals surface area contributed by atoms with E-state index in [2.05, 4.69) is 10.4 Å². The molecule has 2 aromatic carbocycles. The van der Waals surface area contributed by atoms with Crippen molar-refractivity contribution in [3.63, 3.8) is 0 Å². The highest BCUT2D eigenvalue weighted by atomic mass is 16.2. The number of carbonyl (C=O) groups excluding carboxylic acids is 2. The summed E-state index contributed by atoms with van der Waals surface area (Å²) in [5.74, 6) is -0.817. The first kappa shape index (κ1) is 20.0. The maximum atomic E-state index is 13.1. The van der Waals surface area contributed by atoms with Crippen molar-refractivity contribution < 1.29 is 9.59 Å². The topological polar surface area (TPSA) is 108 Å². The minimum absolute atomic E-state index is 0.0391. The predicted molar refractivity (Wildman–Crippen MR) is 115 cm³/mol. The second-order valence-electron chi connectivity index (χ2n) is 7.31. The van der Waals surface area contributed by atoms with E-state index in [4.69, 9.17) is 5.26 Å². The van der Waals surface area contributed by atoms with Crippen molar-refractivity contribution >= 4 is 23.2 Å². The summed E-state index contributed by atoms with van der Waals surface area (Å²) in [6.45, 7) is 1.60. The largest absolute Gasteiger partial charge is 0.324 e. The second-order valence-corrected chi connectivity index (χ2v) is 7.31. The molecule has 1 N–H and O–H groups in total. The molecule has 8 nitrogen and oxygen atoms in total. The lowest BCUT2D eigenvalue weighted by atomic mass is 10.1. The minimum Gasteiger partial charge on any atom is -0.324 e. The average Bonchev–Trinajstić information content (AvgIpc) is 3.10. The third-order valence-electron chi connectivity index (χ3n) is 5.08. The van der Waals surface area contributed by atoms with E-state index >= 15 is 0 Å². The van der Waals surface area contributed by atoms with Gasteiger partial charge in [0.05, 0.1) is 11.6 Å². The number of para-hydroxylation sites is 1. The van der Waals surface area contributed by atoms with Gasteiger partial charge in [0.25, 0.3) is 11.5 Å². The number of nitrogens with one attached hydrogen (secondary N) is 1. The predicted octanol–water partition coefficient (Wildman–Crippen LogP) is 2.35. The van der Waals surface area contributed by atoms with Crippen molar-refractivity contribution in [2.75, 3.05) is 10.2 Å². The molecular weight excluding hydrogens is 394 g/mol. The normalized spacial score (nSPS) is 14.6. The molecule has 0 saturated heterocycles. The zero-order valence-electron chi connectivity index (χ0n) is 16.8. The summed E-state index contributed by atoms with van der Waals surface area (Å²) in [5, 5.41) is 15.7. The molecule has 3 aromatic rings. The van der Waals surface area contributed by atoms with Gasteiger partial charge in [-0.05, 0) is 49.2 Å². The van der Waals surface area contributed by atoms with Crippen LogP contribution in [0.15, 0.2) is 65.5 Å². The standard InChI is InChI=1S/C23H19N5O3/c1-15-11-17-6-2-3-8-20(17)28(15)23(31)19-9-10-22(30)27(26-19)14-21(29)25-18-7-4-5-16(12-18)13-24/h2-10,12,15H,11,14H2,1H3,(H,25,29)/t15-/m1/s1. The van der Waals surface area contributed by atoms with Gasteiger partial charge in [-0.15, -0.1) is 0 Å². The van der Waals surface area contributed by atoms with Gasteiger partial charge in [-0.2, -0.15) is 10.4 Å². The lowest BCUT2D eigenvalue weighted by Gasteiger charge is -2.22. The van der Waals surface area contributed by atoms with Gasteiger partial charge in [-0.25, -0.2) is 4.68 Å². The number of amides is 2. The van der Waals surface area contributed by atoms with E-state index in [1.54, 1.807) is 23.1 Å². The number of carbonyl (C=O) groups is 2. The van der Waals surface area contributed by atoms with Crippen LogP contribution in [0.4, 0.5) is 11.4 Å². The van der Waals surface area contributed by atoms with E-state index in [0.717, 1.165) is 22.4 Å². The van der Waals surface area contributed by atoms with Gasteiger partial charge in [-0.3, -0.25) is 14.4 Å². The van der Waals surface area contributed by atoms with Crippen LogP contribution >= 0.6 is 0 Å². The number of benzene rings is 2. The Morgan fingerprint density at radius 2 is 1.97 bits per heavy atom. The monoisotopic (exact) mass is 413 g/mol. The summed E-state index contributed by atoms with van der Waals surface area (Å²) < 4.78 is 0.962. The molecule has 0 spiro atoms. The van der Waals surface area contributed by atoms with Gasteiger partial charge in [0.1, 0.15) is 12.2 Å². The number of nitrogens with zero attached hydrogens (tertiary/aromatic N) is 4. The van der Waals surface area contributed by atoms with E-state index in [1.165, 1.54) is 18.2 Å². The van der Waals surface area contributed by atoms with Crippen LogP contribution in [0.25, 0.3) is 0 Å². The van der Waals surface area contributed by atoms with Crippen LogP contribution in [0.2, 0.25) is 0 Å². The highest BCUT2D eigenvalue weighted by molar-refractivity contribution is 6.06. The maximum Gasteiger partial charge on any atom is 0.278 e. The van der Waals surface area contributed by atoms with Crippen molar-refractivity contribution in [1.82, 2.24) is 9.78 Å². The second kappa shape index (κ2) is 8.24. The fourth-order valence-electron chi connectivity index (χ4n) is 3.68. The third kappa shape index (κ3) is 4.07. The number of rotatable bonds is 4. The molecule has 154 valence electrons. The van der Waals surface area contributed by atoms with Crippen molar-refractivity contribution in [2.45, 2.75) is 25.9 Å². The van der Waals surface area contributed by atoms with Gasteiger partial charge in [0.2, 0.25) is 5.91 Å². The molecule has 0 saturated carbocycles. The zero-order chi connectivity index (χ0) is 22.0. The zero-order valence-corrected chi connectivity index (χ0v) is 16.8. The van der Waals surface area contributed by atoms with Crippen LogP contribution in [0.5, 0.6) is 0 Å². The fraction of sp³-hybridized carbons (Fsp3) is 0.174. The summed E-state index contributed by atoms with van der Waals surface area (Å²) in [6.07, 6.45) is 0.742. The molecule has 8 heteroatoms. The fourth-order valence-corrected chi connectivity index (χ4v) is 3.68. The van der Waals surface area contributed by atoms with Crippen molar-refractivity contribution in [3.8, 4) is 6.07 Å². The van der Waals surface area contributed by atoms with Crippen molar-refractivity contribution in [3.05, 3.63) is 87.8 Å². The van der Waals surface area contributed by atoms with E-state index in [0.29, 0.717) is 11.3 Å². The molecule has 0 fully saturated rings. The molecule has 1 aliphatic rings. The first-order valence-electron chi connectivity index (χ1n) is 9.76. The number of hydrogen-bond acceptors (Lipinski definition) is 5. The number of fused-ring (bicyclic) bond motifs is 1. The summed E-state index contributed by atoms with van der Waals surface area (Å²) in [6, 6.07) is 18.7. The van der Waals surface area contributed by atoms with E-state index in [1.807, 2.05) is 37.3 Å². The van der Waals surface area contributed by atoms with Crippen molar-refractivity contribution in [1.29, 1.82) is 5.26 Å². The Morgan fingerprint density at radius 1 is 1.16 bits per heavy atom. The molecule has 0 aliphatic carbocycles. The van der Waals surface area contributed by atoms with Gasteiger partial charge in [-0.1, -0.05) is 24.3 Å². The average molecular weight is 413 g/mol. The molecule has 1 atom stereocenters. The van der Waals surface area contributed by atoms with E-state index < -0.39 is 11.5 Å². The lowest BCUT2D eigenvalue weighted by molar-refractivity contribution is -0.117. The lowest BCUT2D eigenvalue weighted by Crippen LogP contribution is -2.38. The van der Waals surface area contributed by atoms with Gasteiger partial charge >= 0.3 is 0 Å². The highest BCUT2D eigenvalue weighted by Crippen LogP contribution is 2.32. The Kier molecular flexibility index (Phi) is 5.33. The molecule has 1 aliphatic heterocycles. The summed E-state index contributed by atoms with van der Waals surface area (Å²) >= 11 is 0. The quantitative estimate of drug-likeness (QED) is 0.706. The molecule has 2 heterocycles. The molecule has 4 rings (SSSR count). The Bertz CT molecular complexity index is 1270. The third-order valence-corrected chi connectivity index (χ3v) is 5.08. The Hall–Kier alpha value is -4.25. The van der Waals surface area contributed by atoms with Crippen molar-refractivity contribution in [2.24, 2.45) is 0 Å². The van der Waals surface area contributed by atoms with Crippen LogP contribution in [0, 0.1) is 11.3 Å². The molecule has 0 radical (unpaired) electrons. The molecule has 31 heavy (non-hydrogen) atoms. The summed E-state index contributed by atoms with van der Waals surface area (Å²) in [4.78, 5) is 39.4. The number of hydrogen-bond donors (Lipinski definition) is 1. The van der Waals surface area contributed by atoms with E-state index in [9.17, 15) is 14.4 Å². The van der Waals surface area contributed by atoms with Gasteiger partial charge in [0, 0.05) is 23.5 Å². The van der Waals surface area contributed by atoms with E-state index in [-0.39, 0.29) is 24.2 Å². The summed E-state index contributed by atoms with van der Waals surface area (Å²) in [7, 11) is 0. The number of nitriles is 1. The minimum atomic E-state index is -0.493. The Morgan fingerprint density at radius 3 is 2.77 bits per heavy atom. The van der Waals surface area contributed by atoms with Crippen LogP contribution in [-0.4, -0.2) is 27.6 Å². The number of aromatic nitrogens is 2. The first-order valence-corrected chi connectivity index (χ1v) is 9.76. The SMILES string of the molecule is C[C@@H]1Cc2ccccc2N1C(=O)c1ccc(=O)n(CC(=O)Nc2cccc(C#N)c2)n1. The molecule has 2 amide bonds. The first-order chi connectivity index (χ1) is 15.0. The smallest absolute Gasteiger partial charge is 0.278 e. The highest BCUT2D eigenvalue weighted by Gasteiger charge is 2.32. The van der Waals surface area contributed by atoms with Gasteiger partial charge in [0.15, 0.2) is 0 Å². The Balaban J connectivity index is 1.55. The van der Waals surface area contributed by atoms with Crippen LogP contribution in [0.1, 0.15) is 28.5 Å². The molecular formula is C23H19N5O3. The van der Waals surface area contributed by atoms with Crippen LogP contribution in [-0.2, 0) is 17.8 Å². The summed E-state index contributed by atoms with van der Waals surface area (Å²) in [5.41, 5.74) is 2.34. The Labute approximate surface area is 178 Å². The van der Waals surface area contributed by atoms with Crippen LogP contribution in [0.3, 0.4) is 0 Å². The number of anilines is 2. The van der Waals surface area contributed by atoms with Gasteiger partial charge < -0.3 is 10.2 Å². The molecule has 0 bridgehead atoms.